The molecule has 0 spiro atoms. The summed E-state index contributed by atoms with van der Waals surface area (Å²) in [5.74, 6) is 0. The SMILES string of the molecule is CCNc1cncc(-n2nc(C)cc2C)c1. The van der Waals surface area contributed by atoms with Gasteiger partial charge in [0.2, 0.25) is 0 Å². The molecule has 0 saturated carbocycles. The Hall–Kier alpha value is -1.84. The molecule has 2 rings (SSSR count). The lowest BCUT2D eigenvalue weighted by Gasteiger charge is -2.07. The van der Waals surface area contributed by atoms with Gasteiger partial charge in [-0.25, -0.2) is 4.68 Å². The van der Waals surface area contributed by atoms with Crippen molar-refractivity contribution in [3.8, 4) is 5.69 Å². The topological polar surface area (TPSA) is 42.7 Å². The van der Waals surface area contributed by atoms with Gasteiger partial charge in [-0.3, -0.25) is 4.98 Å². The quantitative estimate of drug-likeness (QED) is 0.856. The summed E-state index contributed by atoms with van der Waals surface area (Å²) in [4.78, 5) is 4.21. The summed E-state index contributed by atoms with van der Waals surface area (Å²) in [6.07, 6.45) is 3.64. The zero-order chi connectivity index (χ0) is 11.5. The molecule has 4 nitrogen and oxygen atoms in total. The molecule has 0 aliphatic rings. The molecule has 1 N–H and O–H groups in total. The van der Waals surface area contributed by atoms with Crippen LogP contribution < -0.4 is 5.32 Å². The van der Waals surface area contributed by atoms with E-state index in [1.54, 1.807) is 0 Å². The Morgan fingerprint density at radius 1 is 1.25 bits per heavy atom. The van der Waals surface area contributed by atoms with Crippen LogP contribution in [0.15, 0.2) is 24.5 Å². The molecule has 16 heavy (non-hydrogen) atoms. The number of aromatic nitrogens is 3. The van der Waals surface area contributed by atoms with Gasteiger partial charge in [-0.05, 0) is 32.9 Å². The fourth-order valence-electron chi connectivity index (χ4n) is 1.73. The lowest BCUT2D eigenvalue weighted by Crippen LogP contribution is -2.02. The molecule has 0 aromatic carbocycles. The van der Waals surface area contributed by atoms with Crippen molar-refractivity contribution in [1.29, 1.82) is 0 Å². The van der Waals surface area contributed by atoms with Crippen LogP contribution >= 0.6 is 0 Å². The van der Waals surface area contributed by atoms with Gasteiger partial charge in [0.25, 0.3) is 0 Å². The van der Waals surface area contributed by atoms with E-state index in [0.29, 0.717) is 0 Å². The van der Waals surface area contributed by atoms with Crippen molar-refractivity contribution in [2.24, 2.45) is 0 Å². The number of nitrogens with zero attached hydrogens (tertiary/aromatic N) is 3. The largest absolute Gasteiger partial charge is 0.384 e. The summed E-state index contributed by atoms with van der Waals surface area (Å²) < 4.78 is 1.91. The number of anilines is 1. The van der Waals surface area contributed by atoms with Crippen LogP contribution in [0.25, 0.3) is 5.69 Å². The number of rotatable bonds is 3. The van der Waals surface area contributed by atoms with Gasteiger partial charge in [0, 0.05) is 12.2 Å². The molecule has 2 aromatic heterocycles. The number of nitrogens with one attached hydrogen (secondary N) is 1. The monoisotopic (exact) mass is 216 g/mol. The number of hydrogen-bond acceptors (Lipinski definition) is 3. The number of hydrogen-bond donors (Lipinski definition) is 1. The van der Waals surface area contributed by atoms with E-state index in [4.69, 9.17) is 0 Å². The van der Waals surface area contributed by atoms with Crippen molar-refractivity contribution in [2.45, 2.75) is 20.8 Å². The van der Waals surface area contributed by atoms with Crippen molar-refractivity contribution in [2.75, 3.05) is 11.9 Å². The summed E-state index contributed by atoms with van der Waals surface area (Å²) in [7, 11) is 0. The highest BCUT2D eigenvalue weighted by molar-refractivity contribution is 5.48. The summed E-state index contributed by atoms with van der Waals surface area (Å²) in [5.41, 5.74) is 4.15. The predicted molar refractivity (Wildman–Crippen MR) is 65.0 cm³/mol. The van der Waals surface area contributed by atoms with Crippen molar-refractivity contribution in [3.63, 3.8) is 0 Å². The van der Waals surface area contributed by atoms with E-state index in [2.05, 4.69) is 34.5 Å². The van der Waals surface area contributed by atoms with Crippen LogP contribution in [0, 0.1) is 13.8 Å². The van der Waals surface area contributed by atoms with Gasteiger partial charge in [-0.1, -0.05) is 0 Å². The van der Waals surface area contributed by atoms with Crippen LogP contribution in [0.1, 0.15) is 18.3 Å². The molecule has 2 heterocycles. The Balaban J connectivity index is 2.40. The third kappa shape index (κ3) is 2.05. The van der Waals surface area contributed by atoms with E-state index in [1.165, 1.54) is 0 Å². The van der Waals surface area contributed by atoms with E-state index in [1.807, 2.05) is 30.9 Å². The molecule has 4 heteroatoms. The fraction of sp³-hybridized carbons (Fsp3) is 0.333. The molecule has 84 valence electrons. The zero-order valence-electron chi connectivity index (χ0n) is 9.86. The maximum atomic E-state index is 4.43. The Kier molecular flexibility index (Phi) is 2.90. The molecule has 0 aliphatic carbocycles. The summed E-state index contributed by atoms with van der Waals surface area (Å²) in [6, 6.07) is 4.11. The van der Waals surface area contributed by atoms with Gasteiger partial charge in [0.15, 0.2) is 0 Å². The average molecular weight is 216 g/mol. The van der Waals surface area contributed by atoms with Crippen molar-refractivity contribution in [1.82, 2.24) is 14.8 Å². The van der Waals surface area contributed by atoms with E-state index in [9.17, 15) is 0 Å². The molecule has 0 amide bonds. The molecular formula is C12H16N4. The summed E-state index contributed by atoms with van der Waals surface area (Å²) in [5, 5.41) is 7.67. The predicted octanol–water partition coefficient (Wildman–Crippen LogP) is 2.32. The normalized spacial score (nSPS) is 10.4. The van der Waals surface area contributed by atoms with E-state index >= 15 is 0 Å². The minimum absolute atomic E-state index is 0.891. The molecule has 0 aliphatic heterocycles. The van der Waals surface area contributed by atoms with Crippen LogP contribution in [0.2, 0.25) is 0 Å². The summed E-state index contributed by atoms with van der Waals surface area (Å²) in [6.45, 7) is 6.99. The van der Waals surface area contributed by atoms with Crippen molar-refractivity contribution < 1.29 is 0 Å². The van der Waals surface area contributed by atoms with Crippen molar-refractivity contribution in [3.05, 3.63) is 35.9 Å². The van der Waals surface area contributed by atoms with E-state index < -0.39 is 0 Å². The first-order valence-electron chi connectivity index (χ1n) is 5.43. The molecule has 0 atom stereocenters. The van der Waals surface area contributed by atoms with Gasteiger partial charge < -0.3 is 5.32 Å². The maximum absolute atomic E-state index is 4.43. The number of pyridine rings is 1. The highest BCUT2D eigenvalue weighted by atomic mass is 15.3. The maximum Gasteiger partial charge on any atom is 0.0852 e. The lowest BCUT2D eigenvalue weighted by atomic mass is 10.3. The first-order valence-corrected chi connectivity index (χ1v) is 5.43. The molecule has 0 radical (unpaired) electrons. The minimum atomic E-state index is 0.891. The molecule has 0 fully saturated rings. The average Bonchev–Trinajstić information content (AvgIpc) is 2.59. The van der Waals surface area contributed by atoms with Gasteiger partial charge >= 0.3 is 0 Å². The molecule has 0 unspecified atom stereocenters. The van der Waals surface area contributed by atoms with E-state index in [-0.39, 0.29) is 0 Å². The fourth-order valence-corrected chi connectivity index (χ4v) is 1.73. The highest BCUT2D eigenvalue weighted by Gasteiger charge is 2.04. The second kappa shape index (κ2) is 4.35. The second-order valence-electron chi connectivity index (χ2n) is 3.80. The molecule has 0 bridgehead atoms. The second-order valence-corrected chi connectivity index (χ2v) is 3.80. The lowest BCUT2D eigenvalue weighted by molar-refractivity contribution is 0.828. The smallest absolute Gasteiger partial charge is 0.0852 e. The number of aryl methyl sites for hydroxylation is 2. The van der Waals surface area contributed by atoms with Gasteiger partial charge in [0.1, 0.15) is 0 Å². The first kappa shape index (κ1) is 10.7. The Bertz CT molecular complexity index is 488. The standard InChI is InChI=1S/C12H16N4/c1-4-14-11-6-12(8-13-7-11)16-10(3)5-9(2)15-16/h5-8,14H,4H2,1-3H3. The van der Waals surface area contributed by atoms with Gasteiger partial charge in [-0.2, -0.15) is 5.10 Å². The van der Waals surface area contributed by atoms with Crippen LogP contribution in [-0.2, 0) is 0 Å². The van der Waals surface area contributed by atoms with Gasteiger partial charge in [-0.15, -0.1) is 0 Å². The van der Waals surface area contributed by atoms with Crippen LogP contribution in [0.4, 0.5) is 5.69 Å². The van der Waals surface area contributed by atoms with Crippen LogP contribution in [0.5, 0.6) is 0 Å². The molecule has 0 saturated heterocycles. The van der Waals surface area contributed by atoms with Crippen LogP contribution in [-0.4, -0.2) is 21.3 Å². The third-order valence-electron chi connectivity index (χ3n) is 2.36. The Morgan fingerprint density at radius 3 is 2.69 bits per heavy atom. The highest BCUT2D eigenvalue weighted by Crippen LogP contribution is 2.14. The first-order chi connectivity index (χ1) is 7.70. The minimum Gasteiger partial charge on any atom is -0.384 e. The molecule has 2 aromatic rings. The Morgan fingerprint density at radius 2 is 2.06 bits per heavy atom. The van der Waals surface area contributed by atoms with Gasteiger partial charge in [0.05, 0.1) is 29.5 Å². The summed E-state index contributed by atoms with van der Waals surface area (Å²) >= 11 is 0. The Labute approximate surface area is 95.3 Å². The van der Waals surface area contributed by atoms with E-state index in [0.717, 1.165) is 29.3 Å². The zero-order valence-corrected chi connectivity index (χ0v) is 9.86. The third-order valence-corrected chi connectivity index (χ3v) is 2.36. The van der Waals surface area contributed by atoms with Crippen LogP contribution in [0.3, 0.4) is 0 Å². The van der Waals surface area contributed by atoms with Crippen molar-refractivity contribution >= 4 is 5.69 Å². The molecular weight excluding hydrogens is 200 g/mol.